The fourth-order valence-electron chi connectivity index (χ4n) is 2.20. The predicted octanol–water partition coefficient (Wildman–Crippen LogP) is -0.746. The average Bonchev–Trinajstić information content (AvgIpc) is 2.86. The van der Waals surface area contributed by atoms with Crippen LogP contribution in [0, 0.1) is 5.41 Å². The Balaban J connectivity index is 1.83. The Morgan fingerprint density at radius 1 is 1.56 bits per heavy atom. The number of carbonyl (C=O) groups is 1. The number of nitrogens with one attached hydrogen (secondary N) is 2. The molecule has 2 rings (SSSR count). The van der Waals surface area contributed by atoms with Crippen LogP contribution in [-0.2, 0) is 9.53 Å². The van der Waals surface area contributed by atoms with Gasteiger partial charge in [0.25, 0.3) is 0 Å². The fourth-order valence-corrected chi connectivity index (χ4v) is 2.20. The highest BCUT2D eigenvalue weighted by Gasteiger charge is 2.38. The zero-order valence-electron chi connectivity index (χ0n) is 9.71. The van der Waals surface area contributed by atoms with Gasteiger partial charge in [0, 0.05) is 26.1 Å². The monoisotopic (exact) mass is 228 g/mol. The van der Waals surface area contributed by atoms with E-state index in [-0.39, 0.29) is 11.3 Å². The van der Waals surface area contributed by atoms with Crippen LogP contribution < -0.4 is 10.6 Å². The number of rotatable bonds is 3. The maximum absolute atomic E-state index is 12.0. The van der Waals surface area contributed by atoms with Gasteiger partial charge in [0.2, 0.25) is 5.91 Å². The van der Waals surface area contributed by atoms with Gasteiger partial charge in [-0.15, -0.1) is 0 Å². The van der Waals surface area contributed by atoms with Crippen molar-refractivity contribution in [2.45, 2.75) is 25.4 Å². The van der Waals surface area contributed by atoms with E-state index >= 15 is 0 Å². The number of ether oxygens (including phenoxy) is 1. The highest BCUT2D eigenvalue weighted by atomic mass is 16.5. The van der Waals surface area contributed by atoms with Crippen LogP contribution in [0.1, 0.15) is 19.8 Å². The number of aliphatic hydroxyl groups is 1. The van der Waals surface area contributed by atoms with Gasteiger partial charge in [-0.2, -0.15) is 0 Å². The van der Waals surface area contributed by atoms with Crippen molar-refractivity contribution >= 4 is 5.91 Å². The molecule has 3 N–H and O–H groups in total. The third-order valence-electron chi connectivity index (χ3n) is 3.58. The van der Waals surface area contributed by atoms with E-state index in [4.69, 9.17) is 4.74 Å². The summed E-state index contributed by atoms with van der Waals surface area (Å²) in [5.74, 6) is 0.0258. The molecule has 2 aliphatic heterocycles. The molecule has 0 aromatic carbocycles. The first-order valence-corrected chi connectivity index (χ1v) is 5.83. The second kappa shape index (κ2) is 4.31. The molecule has 5 nitrogen and oxygen atoms in total. The first-order chi connectivity index (χ1) is 7.54. The Hall–Kier alpha value is -0.650. The molecule has 0 aromatic rings. The summed E-state index contributed by atoms with van der Waals surface area (Å²) >= 11 is 0. The number of hydrogen-bond acceptors (Lipinski definition) is 4. The minimum absolute atomic E-state index is 0.0258. The molecule has 0 aliphatic carbocycles. The van der Waals surface area contributed by atoms with Crippen molar-refractivity contribution in [1.82, 2.24) is 10.6 Å². The van der Waals surface area contributed by atoms with Crippen LogP contribution in [0.5, 0.6) is 0 Å². The van der Waals surface area contributed by atoms with E-state index in [0.29, 0.717) is 32.7 Å². The molecule has 2 unspecified atom stereocenters. The van der Waals surface area contributed by atoms with E-state index in [1.807, 2.05) is 6.92 Å². The molecule has 16 heavy (non-hydrogen) atoms. The Bertz CT molecular complexity index is 268. The van der Waals surface area contributed by atoms with E-state index in [1.165, 1.54) is 0 Å². The summed E-state index contributed by atoms with van der Waals surface area (Å²) in [6.07, 6.45) is 1.45. The van der Waals surface area contributed by atoms with E-state index in [9.17, 15) is 9.90 Å². The van der Waals surface area contributed by atoms with Crippen molar-refractivity contribution in [2.24, 2.45) is 5.41 Å². The molecular formula is C11H20N2O3. The molecule has 2 heterocycles. The predicted molar refractivity (Wildman–Crippen MR) is 59.0 cm³/mol. The lowest BCUT2D eigenvalue weighted by atomic mass is 9.88. The molecule has 2 saturated heterocycles. The van der Waals surface area contributed by atoms with Gasteiger partial charge in [0.05, 0.1) is 12.0 Å². The van der Waals surface area contributed by atoms with Gasteiger partial charge in [-0.3, -0.25) is 4.79 Å². The minimum Gasteiger partial charge on any atom is -0.386 e. The Labute approximate surface area is 95.5 Å². The summed E-state index contributed by atoms with van der Waals surface area (Å²) in [4.78, 5) is 12.0. The Kier molecular flexibility index (Phi) is 3.19. The van der Waals surface area contributed by atoms with Crippen LogP contribution in [0.3, 0.4) is 0 Å². The Morgan fingerprint density at radius 2 is 2.38 bits per heavy atom. The van der Waals surface area contributed by atoms with Crippen LogP contribution in [0.15, 0.2) is 0 Å². The molecule has 92 valence electrons. The summed E-state index contributed by atoms with van der Waals surface area (Å²) < 4.78 is 5.13. The fraction of sp³-hybridized carbons (Fsp3) is 0.909. The smallest absolute Gasteiger partial charge is 0.227 e. The molecule has 0 radical (unpaired) electrons. The van der Waals surface area contributed by atoms with Gasteiger partial charge in [0.15, 0.2) is 0 Å². The van der Waals surface area contributed by atoms with Crippen molar-refractivity contribution < 1.29 is 14.6 Å². The zero-order valence-corrected chi connectivity index (χ0v) is 9.71. The number of carbonyl (C=O) groups excluding carboxylic acids is 1. The van der Waals surface area contributed by atoms with Gasteiger partial charge in [-0.25, -0.2) is 0 Å². The van der Waals surface area contributed by atoms with Crippen LogP contribution in [-0.4, -0.2) is 49.5 Å². The summed E-state index contributed by atoms with van der Waals surface area (Å²) in [6.45, 7) is 4.75. The van der Waals surface area contributed by atoms with E-state index in [0.717, 1.165) is 13.0 Å². The zero-order chi connectivity index (χ0) is 11.6. The average molecular weight is 228 g/mol. The normalized spacial score (nSPS) is 38.9. The van der Waals surface area contributed by atoms with Crippen LogP contribution in [0.25, 0.3) is 0 Å². The molecule has 0 bridgehead atoms. The van der Waals surface area contributed by atoms with Crippen molar-refractivity contribution in [1.29, 1.82) is 0 Å². The maximum atomic E-state index is 12.0. The molecular weight excluding hydrogens is 208 g/mol. The summed E-state index contributed by atoms with van der Waals surface area (Å²) in [7, 11) is 0. The van der Waals surface area contributed by atoms with Gasteiger partial charge < -0.3 is 20.5 Å². The number of amides is 1. The van der Waals surface area contributed by atoms with Gasteiger partial charge in [-0.1, -0.05) is 0 Å². The summed E-state index contributed by atoms with van der Waals surface area (Å²) in [5, 5.41) is 16.0. The van der Waals surface area contributed by atoms with Crippen molar-refractivity contribution in [3.8, 4) is 0 Å². The molecule has 2 atom stereocenters. The third-order valence-corrected chi connectivity index (χ3v) is 3.58. The third kappa shape index (κ3) is 2.36. The van der Waals surface area contributed by atoms with Gasteiger partial charge in [-0.05, 0) is 19.9 Å². The molecule has 0 aromatic heterocycles. The topological polar surface area (TPSA) is 70.6 Å². The standard InChI is InChI=1S/C11H20N2O3/c1-10(2-4-12-6-10)9(14)13-7-11(15)3-5-16-8-11/h12,15H,2-8H2,1H3,(H,13,14). The SMILES string of the molecule is CC1(C(=O)NCC2(O)CCOC2)CCNC1. The molecule has 1 amide bonds. The van der Waals surface area contributed by atoms with Crippen molar-refractivity contribution in [2.75, 3.05) is 32.8 Å². The lowest BCUT2D eigenvalue weighted by molar-refractivity contribution is -0.130. The lowest BCUT2D eigenvalue weighted by Crippen LogP contribution is -2.48. The first-order valence-electron chi connectivity index (χ1n) is 5.83. The number of hydrogen-bond donors (Lipinski definition) is 3. The largest absolute Gasteiger partial charge is 0.386 e. The van der Waals surface area contributed by atoms with Crippen LogP contribution in [0.4, 0.5) is 0 Å². The molecule has 5 heteroatoms. The second-order valence-electron chi connectivity index (χ2n) is 5.20. The Morgan fingerprint density at radius 3 is 2.94 bits per heavy atom. The molecule has 2 fully saturated rings. The highest BCUT2D eigenvalue weighted by molar-refractivity contribution is 5.82. The summed E-state index contributed by atoms with van der Waals surface area (Å²) in [5.41, 5.74) is -1.19. The van der Waals surface area contributed by atoms with Gasteiger partial charge in [0.1, 0.15) is 5.60 Å². The first kappa shape index (κ1) is 11.8. The van der Waals surface area contributed by atoms with Gasteiger partial charge >= 0.3 is 0 Å². The van der Waals surface area contributed by atoms with E-state index in [1.54, 1.807) is 0 Å². The molecule has 0 spiro atoms. The molecule has 0 saturated carbocycles. The van der Waals surface area contributed by atoms with E-state index < -0.39 is 5.60 Å². The second-order valence-corrected chi connectivity index (χ2v) is 5.20. The molecule has 2 aliphatic rings. The van der Waals surface area contributed by atoms with E-state index in [2.05, 4.69) is 10.6 Å². The van der Waals surface area contributed by atoms with Crippen molar-refractivity contribution in [3.63, 3.8) is 0 Å². The quantitative estimate of drug-likeness (QED) is 0.594. The summed E-state index contributed by atoms with van der Waals surface area (Å²) in [6, 6.07) is 0. The minimum atomic E-state index is -0.863. The maximum Gasteiger partial charge on any atom is 0.227 e. The van der Waals surface area contributed by atoms with Crippen LogP contribution >= 0.6 is 0 Å². The lowest BCUT2D eigenvalue weighted by Gasteiger charge is -2.26. The van der Waals surface area contributed by atoms with Crippen molar-refractivity contribution in [3.05, 3.63) is 0 Å². The highest BCUT2D eigenvalue weighted by Crippen LogP contribution is 2.25. The van der Waals surface area contributed by atoms with Crippen LogP contribution in [0.2, 0.25) is 0 Å².